The highest BCUT2D eigenvalue weighted by molar-refractivity contribution is 14.1. The van der Waals surface area contributed by atoms with E-state index in [4.69, 9.17) is 23.2 Å². The minimum atomic E-state index is -0.716. The summed E-state index contributed by atoms with van der Waals surface area (Å²) in [6, 6.07) is 5.60. The molecular formula is C13H8Cl2INO4. The zero-order valence-corrected chi connectivity index (χ0v) is 14.0. The number of nitrogens with zero attached hydrogens (tertiary/aromatic N) is 1. The Balaban J connectivity index is 2.52. The van der Waals surface area contributed by atoms with Gasteiger partial charge in [-0.05, 0) is 40.8 Å². The number of nitro benzene ring substituents is 1. The van der Waals surface area contributed by atoms with Crippen LogP contribution in [0, 0.1) is 13.7 Å². The second-order valence-corrected chi connectivity index (χ2v) is 6.30. The number of halogens is 3. The number of aromatic hydroxyl groups is 2. The summed E-state index contributed by atoms with van der Waals surface area (Å²) >= 11 is 13.7. The van der Waals surface area contributed by atoms with Crippen LogP contribution >= 0.6 is 45.8 Å². The number of hydrogen-bond acceptors (Lipinski definition) is 4. The van der Waals surface area contributed by atoms with Gasteiger partial charge in [0.25, 0.3) is 0 Å². The first-order chi connectivity index (χ1) is 9.79. The third-order valence-corrected chi connectivity index (χ3v) is 4.08. The lowest BCUT2D eigenvalue weighted by Gasteiger charge is -2.09. The van der Waals surface area contributed by atoms with Crippen molar-refractivity contribution in [2.24, 2.45) is 0 Å². The third kappa shape index (κ3) is 3.50. The number of nitro groups is 1. The molecule has 0 fully saturated rings. The SMILES string of the molecule is O=[N+]([O-])c1cc(Cl)cc(Cc2cc(Cl)cc(I)c2O)c1O. The van der Waals surface area contributed by atoms with Crippen LogP contribution in [0.4, 0.5) is 5.69 Å². The average molecular weight is 440 g/mol. The Labute approximate surface area is 143 Å². The van der Waals surface area contributed by atoms with E-state index in [0.29, 0.717) is 14.2 Å². The normalized spacial score (nSPS) is 10.6. The van der Waals surface area contributed by atoms with Crippen molar-refractivity contribution in [3.05, 3.63) is 59.1 Å². The van der Waals surface area contributed by atoms with E-state index in [9.17, 15) is 20.3 Å². The van der Waals surface area contributed by atoms with Crippen LogP contribution in [0.5, 0.6) is 11.5 Å². The van der Waals surface area contributed by atoms with E-state index in [-0.39, 0.29) is 22.8 Å². The Kier molecular flexibility index (Phi) is 4.80. The summed E-state index contributed by atoms with van der Waals surface area (Å²) in [5.74, 6) is -0.458. The van der Waals surface area contributed by atoms with Gasteiger partial charge in [-0.25, -0.2) is 0 Å². The van der Waals surface area contributed by atoms with Gasteiger partial charge < -0.3 is 10.2 Å². The number of phenols is 2. The molecule has 5 nitrogen and oxygen atoms in total. The first kappa shape index (κ1) is 16.1. The van der Waals surface area contributed by atoms with Gasteiger partial charge >= 0.3 is 5.69 Å². The van der Waals surface area contributed by atoms with Crippen molar-refractivity contribution < 1.29 is 15.1 Å². The molecule has 8 heteroatoms. The molecule has 2 N–H and O–H groups in total. The molecule has 0 aliphatic rings. The zero-order chi connectivity index (χ0) is 15.7. The van der Waals surface area contributed by atoms with Crippen molar-refractivity contribution in [2.45, 2.75) is 6.42 Å². The van der Waals surface area contributed by atoms with E-state index in [0.717, 1.165) is 6.07 Å². The minimum Gasteiger partial charge on any atom is -0.507 e. The van der Waals surface area contributed by atoms with Gasteiger partial charge in [0, 0.05) is 33.7 Å². The molecule has 0 heterocycles. The van der Waals surface area contributed by atoms with Gasteiger partial charge in [0.1, 0.15) is 5.75 Å². The maximum Gasteiger partial charge on any atom is 0.312 e. The second kappa shape index (κ2) is 6.25. The zero-order valence-electron chi connectivity index (χ0n) is 10.3. The molecule has 2 aromatic carbocycles. The maximum atomic E-state index is 10.9. The van der Waals surface area contributed by atoms with Crippen molar-refractivity contribution in [1.82, 2.24) is 0 Å². The van der Waals surface area contributed by atoms with Crippen molar-refractivity contribution >= 4 is 51.5 Å². The summed E-state index contributed by atoms with van der Waals surface area (Å²) in [5, 5.41) is 31.4. The molecule has 0 bridgehead atoms. The average Bonchev–Trinajstić information content (AvgIpc) is 2.38. The lowest BCUT2D eigenvalue weighted by atomic mass is 10.0. The highest BCUT2D eigenvalue weighted by atomic mass is 127. The Morgan fingerprint density at radius 2 is 1.57 bits per heavy atom. The molecule has 2 aromatic rings. The molecular weight excluding hydrogens is 432 g/mol. The molecule has 0 aliphatic carbocycles. The standard InChI is InChI=1S/C13H8Cl2INO4/c14-8-2-6(12(18)10(16)4-8)1-7-3-9(15)5-11(13(7)19)17(20)21/h2-5,18-19H,1H2. The molecule has 0 saturated carbocycles. The van der Waals surface area contributed by atoms with Crippen LogP contribution in [0.15, 0.2) is 24.3 Å². The molecule has 0 radical (unpaired) electrons. The largest absolute Gasteiger partial charge is 0.507 e. The highest BCUT2D eigenvalue weighted by Crippen LogP contribution is 2.37. The fraction of sp³-hybridized carbons (Fsp3) is 0.0769. The second-order valence-electron chi connectivity index (χ2n) is 4.26. The highest BCUT2D eigenvalue weighted by Gasteiger charge is 2.20. The maximum absolute atomic E-state index is 10.9. The summed E-state index contributed by atoms with van der Waals surface area (Å²) in [7, 11) is 0. The van der Waals surface area contributed by atoms with Gasteiger partial charge in [-0.1, -0.05) is 23.2 Å². The van der Waals surface area contributed by atoms with E-state index < -0.39 is 16.4 Å². The lowest BCUT2D eigenvalue weighted by molar-refractivity contribution is -0.385. The van der Waals surface area contributed by atoms with Crippen LogP contribution in [0.2, 0.25) is 10.0 Å². The summed E-state index contributed by atoms with van der Waals surface area (Å²) < 4.78 is 0.547. The number of phenolic OH excluding ortho intramolecular Hbond substituents is 2. The summed E-state index contributed by atoms with van der Waals surface area (Å²) in [4.78, 5) is 10.2. The van der Waals surface area contributed by atoms with Crippen LogP contribution in [-0.4, -0.2) is 15.1 Å². The number of benzene rings is 2. The molecule has 0 atom stereocenters. The van der Waals surface area contributed by atoms with Gasteiger partial charge in [0.05, 0.1) is 8.49 Å². The van der Waals surface area contributed by atoms with E-state index in [1.807, 2.05) is 22.6 Å². The Morgan fingerprint density at radius 1 is 1.05 bits per heavy atom. The smallest absolute Gasteiger partial charge is 0.312 e. The topological polar surface area (TPSA) is 83.6 Å². The minimum absolute atomic E-state index is 0.0158. The van der Waals surface area contributed by atoms with Crippen LogP contribution in [0.3, 0.4) is 0 Å². The molecule has 110 valence electrons. The molecule has 2 rings (SSSR count). The van der Waals surface area contributed by atoms with Crippen molar-refractivity contribution in [3.63, 3.8) is 0 Å². The van der Waals surface area contributed by atoms with Gasteiger partial charge in [-0.3, -0.25) is 10.1 Å². The monoisotopic (exact) mass is 439 g/mol. The molecule has 0 aromatic heterocycles. The first-order valence-corrected chi connectivity index (χ1v) is 7.45. The Morgan fingerprint density at radius 3 is 2.14 bits per heavy atom. The predicted octanol–water partition coefficient (Wildman–Crippen LogP) is 4.51. The van der Waals surface area contributed by atoms with Crippen LogP contribution in [0.1, 0.15) is 11.1 Å². The summed E-state index contributed by atoms with van der Waals surface area (Å²) in [6.07, 6.45) is 0.0651. The van der Waals surface area contributed by atoms with E-state index in [1.54, 1.807) is 6.07 Å². The van der Waals surface area contributed by atoms with Gasteiger partial charge in [0.15, 0.2) is 5.75 Å². The molecule has 0 aliphatic heterocycles. The van der Waals surface area contributed by atoms with Crippen molar-refractivity contribution in [3.8, 4) is 11.5 Å². The first-order valence-electron chi connectivity index (χ1n) is 5.62. The number of hydrogen-bond donors (Lipinski definition) is 2. The van der Waals surface area contributed by atoms with Crippen LogP contribution in [0.25, 0.3) is 0 Å². The Hall–Kier alpha value is -1.25. The van der Waals surface area contributed by atoms with Crippen LogP contribution < -0.4 is 0 Å². The summed E-state index contributed by atoms with van der Waals surface area (Å²) in [5.41, 5.74) is 0.204. The molecule has 0 amide bonds. The van der Waals surface area contributed by atoms with Gasteiger partial charge in [-0.2, -0.15) is 0 Å². The van der Waals surface area contributed by atoms with Gasteiger partial charge in [0.2, 0.25) is 0 Å². The molecule has 0 saturated heterocycles. The van der Waals surface area contributed by atoms with E-state index >= 15 is 0 Å². The fourth-order valence-electron chi connectivity index (χ4n) is 1.87. The summed E-state index contributed by atoms with van der Waals surface area (Å²) in [6.45, 7) is 0. The molecule has 21 heavy (non-hydrogen) atoms. The Bertz CT molecular complexity index is 737. The third-order valence-electron chi connectivity index (χ3n) is 2.82. The fourth-order valence-corrected chi connectivity index (χ4v) is 3.21. The molecule has 0 spiro atoms. The van der Waals surface area contributed by atoms with Crippen LogP contribution in [-0.2, 0) is 6.42 Å². The van der Waals surface area contributed by atoms with E-state index in [2.05, 4.69) is 0 Å². The number of rotatable bonds is 3. The lowest BCUT2D eigenvalue weighted by Crippen LogP contribution is -1.96. The van der Waals surface area contributed by atoms with Gasteiger partial charge in [-0.15, -0.1) is 0 Å². The molecule has 0 unspecified atom stereocenters. The quantitative estimate of drug-likeness (QED) is 0.418. The van der Waals surface area contributed by atoms with Crippen molar-refractivity contribution in [1.29, 1.82) is 0 Å². The van der Waals surface area contributed by atoms with E-state index in [1.165, 1.54) is 12.1 Å². The predicted molar refractivity (Wildman–Crippen MR) is 88.4 cm³/mol. The van der Waals surface area contributed by atoms with Crippen molar-refractivity contribution in [2.75, 3.05) is 0 Å².